The van der Waals surface area contributed by atoms with Gasteiger partial charge in [0.1, 0.15) is 5.78 Å². The third-order valence-electron chi connectivity index (χ3n) is 2.11. The van der Waals surface area contributed by atoms with E-state index in [9.17, 15) is 4.79 Å². The number of carbonyl (C=O) groups excluding carboxylic acids is 1. The van der Waals surface area contributed by atoms with Crippen LogP contribution in [0, 0.1) is 11.8 Å². The second kappa shape index (κ2) is 4.45. The predicted molar refractivity (Wildman–Crippen MR) is 42.7 cm³/mol. The summed E-state index contributed by atoms with van der Waals surface area (Å²) in [4.78, 5) is 10.9. The highest BCUT2D eigenvalue weighted by molar-refractivity contribution is 5.78. The van der Waals surface area contributed by atoms with Crippen molar-refractivity contribution in [3.8, 4) is 0 Å². The van der Waals surface area contributed by atoms with Gasteiger partial charge in [-0.1, -0.05) is 20.3 Å². The zero-order chi connectivity index (χ0) is 8.15. The lowest BCUT2D eigenvalue weighted by molar-refractivity contribution is -0.121. The molecule has 0 spiro atoms. The molecule has 0 aromatic carbocycles. The number of ketones is 1. The van der Waals surface area contributed by atoms with Crippen LogP contribution in [0.15, 0.2) is 0 Å². The Kier molecular flexibility index (Phi) is 4.28. The van der Waals surface area contributed by atoms with E-state index in [1.54, 1.807) is 6.92 Å². The third-order valence-corrected chi connectivity index (χ3v) is 2.11. The normalized spacial score (nSPS) is 16.4. The first-order valence-electron chi connectivity index (χ1n) is 3.84. The molecule has 0 aliphatic carbocycles. The van der Waals surface area contributed by atoms with Crippen LogP contribution in [0.4, 0.5) is 0 Å². The van der Waals surface area contributed by atoms with Crippen molar-refractivity contribution in [2.45, 2.75) is 27.2 Å². The van der Waals surface area contributed by atoms with E-state index in [4.69, 9.17) is 5.73 Å². The highest BCUT2D eigenvalue weighted by Crippen LogP contribution is 2.14. The summed E-state index contributed by atoms with van der Waals surface area (Å²) in [5, 5.41) is 0. The number of Topliss-reactive ketones (excluding diaryl/α,β-unsaturated/α-hetero) is 1. The molecule has 10 heavy (non-hydrogen) atoms. The average molecular weight is 143 g/mol. The van der Waals surface area contributed by atoms with E-state index in [0.29, 0.717) is 12.5 Å². The number of rotatable bonds is 4. The molecular weight excluding hydrogens is 126 g/mol. The molecular formula is C8H17NO. The largest absolute Gasteiger partial charge is 0.330 e. The molecule has 0 amide bonds. The van der Waals surface area contributed by atoms with Crippen LogP contribution >= 0.6 is 0 Å². The molecule has 0 saturated carbocycles. The van der Waals surface area contributed by atoms with Gasteiger partial charge in [-0.2, -0.15) is 0 Å². The fourth-order valence-electron chi connectivity index (χ4n) is 1.08. The fraction of sp³-hybridized carbons (Fsp3) is 0.875. The van der Waals surface area contributed by atoms with Gasteiger partial charge in [0.05, 0.1) is 0 Å². The van der Waals surface area contributed by atoms with Crippen molar-refractivity contribution in [3.63, 3.8) is 0 Å². The molecule has 0 aliphatic heterocycles. The summed E-state index contributed by atoms with van der Waals surface area (Å²) in [5.41, 5.74) is 5.43. The van der Waals surface area contributed by atoms with Crippen LogP contribution < -0.4 is 5.73 Å². The van der Waals surface area contributed by atoms with Gasteiger partial charge >= 0.3 is 0 Å². The summed E-state index contributed by atoms with van der Waals surface area (Å²) < 4.78 is 0. The van der Waals surface area contributed by atoms with E-state index in [-0.39, 0.29) is 11.7 Å². The van der Waals surface area contributed by atoms with Gasteiger partial charge in [0.2, 0.25) is 0 Å². The molecule has 0 bridgehead atoms. The first kappa shape index (κ1) is 9.63. The smallest absolute Gasteiger partial charge is 0.134 e. The third kappa shape index (κ3) is 2.48. The lowest BCUT2D eigenvalue weighted by Gasteiger charge is -2.17. The van der Waals surface area contributed by atoms with Gasteiger partial charge in [-0.15, -0.1) is 0 Å². The van der Waals surface area contributed by atoms with Crippen molar-refractivity contribution < 1.29 is 4.79 Å². The van der Waals surface area contributed by atoms with Gasteiger partial charge in [-0.3, -0.25) is 4.79 Å². The van der Waals surface area contributed by atoms with Gasteiger partial charge < -0.3 is 5.73 Å². The monoisotopic (exact) mass is 143 g/mol. The van der Waals surface area contributed by atoms with E-state index < -0.39 is 0 Å². The lowest BCUT2D eigenvalue weighted by Crippen LogP contribution is -2.27. The van der Waals surface area contributed by atoms with Crippen LogP contribution in [-0.4, -0.2) is 12.3 Å². The van der Waals surface area contributed by atoms with E-state index in [2.05, 4.69) is 13.8 Å². The minimum atomic E-state index is 0.0741. The number of hydrogen-bond donors (Lipinski definition) is 1. The topological polar surface area (TPSA) is 43.1 Å². The Labute approximate surface area is 62.8 Å². The van der Waals surface area contributed by atoms with Crippen molar-refractivity contribution in [2.75, 3.05) is 6.54 Å². The van der Waals surface area contributed by atoms with Crippen LogP contribution in [0.1, 0.15) is 27.2 Å². The molecule has 0 saturated heterocycles. The molecule has 0 aromatic rings. The van der Waals surface area contributed by atoms with Crippen molar-refractivity contribution >= 4 is 5.78 Å². The summed E-state index contributed by atoms with van der Waals surface area (Å²) in [6.07, 6.45) is 1.03. The Morgan fingerprint density at radius 2 is 2.10 bits per heavy atom. The van der Waals surface area contributed by atoms with Crippen LogP contribution in [0.2, 0.25) is 0 Å². The fourth-order valence-corrected chi connectivity index (χ4v) is 1.08. The molecule has 2 nitrogen and oxygen atoms in total. The van der Waals surface area contributed by atoms with Gasteiger partial charge in [-0.25, -0.2) is 0 Å². The molecule has 0 unspecified atom stereocenters. The van der Waals surface area contributed by atoms with E-state index in [0.717, 1.165) is 6.42 Å². The second-order valence-corrected chi connectivity index (χ2v) is 2.84. The zero-order valence-electron chi connectivity index (χ0n) is 7.05. The van der Waals surface area contributed by atoms with Crippen LogP contribution in [-0.2, 0) is 4.79 Å². The quantitative estimate of drug-likeness (QED) is 0.642. The minimum Gasteiger partial charge on any atom is -0.330 e. The maximum atomic E-state index is 10.9. The second-order valence-electron chi connectivity index (χ2n) is 2.84. The number of nitrogens with two attached hydrogens (primary N) is 1. The molecule has 60 valence electrons. The van der Waals surface area contributed by atoms with Gasteiger partial charge in [-0.05, 0) is 12.8 Å². The van der Waals surface area contributed by atoms with Crippen molar-refractivity contribution in [1.29, 1.82) is 0 Å². The Bertz CT molecular complexity index is 112. The van der Waals surface area contributed by atoms with Crippen molar-refractivity contribution in [3.05, 3.63) is 0 Å². The first-order chi connectivity index (χ1) is 4.63. The summed E-state index contributed by atoms with van der Waals surface area (Å²) in [6, 6.07) is 0. The maximum Gasteiger partial charge on any atom is 0.134 e. The SMILES string of the molecule is CC[C@@H](C)[C@H](CN)C(C)=O. The molecule has 2 heteroatoms. The summed E-state index contributed by atoms with van der Waals surface area (Å²) in [5.74, 6) is 0.726. The van der Waals surface area contributed by atoms with E-state index in [1.807, 2.05) is 0 Å². The Hall–Kier alpha value is -0.370. The molecule has 0 heterocycles. The van der Waals surface area contributed by atoms with E-state index in [1.165, 1.54) is 0 Å². The number of hydrogen-bond acceptors (Lipinski definition) is 2. The molecule has 0 fully saturated rings. The molecule has 0 rings (SSSR count). The molecule has 0 aromatic heterocycles. The summed E-state index contributed by atoms with van der Waals surface area (Å²) in [6.45, 7) is 6.25. The highest BCUT2D eigenvalue weighted by Gasteiger charge is 2.17. The molecule has 2 atom stereocenters. The molecule has 0 aliphatic rings. The number of carbonyl (C=O) groups is 1. The summed E-state index contributed by atoms with van der Waals surface area (Å²) >= 11 is 0. The van der Waals surface area contributed by atoms with Gasteiger partial charge in [0.15, 0.2) is 0 Å². The summed E-state index contributed by atoms with van der Waals surface area (Å²) in [7, 11) is 0. The van der Waals surface area contributed by atoms with Crippen LogP contribution in [0.5, 0.6) is 0 Å². The van der Waals surface area contributed by atoms with E-state index >= 15 is 0 Å². The highest BCUT2D eigenvalue weighted by atomic mass is 16.1. The van der Waals surface area contributed by atoms with Gasteiger partial charge in [0.25, 0.3) is 0 Å². The van der Waals surface area contributed by atoms with Crippen molar-refractivity contribution in [2.24, 2.45) is 17.6 Å². The molecule has 0 radical (unpaired) electrons. The van der Waals surface area contributed by atoms with Crippen LogP contribution in [0.3, 0.4) is 0 Å². The van der Waals surface area contributed by atoms with Crippen LogP contribution in [0.25, 0.3) is 0 Å². The maximum absolute atomic E-state index is 10.9. The van der Waals surface area contributed by atoms with Crippen molar-refractivity contribution in [1.82, 2.24) is 0 Å². The average Bonchev–Trinajstić information content (AvgIpc) is 1.88. The molecule has 2 N–H and O–H groups in total. The van der Waals surface area contributed by atoms with Gasteiger partial charge in [0, 0.05) is 12.5 Å². The Morgan fingerprint density at radius 1 is 1.60 bits per heavy atom. The first-order valence-corrected chi connectivity index (χ1v) is 3.84. The zero-order valence-corrected chi connectivity index (χ0v) is 7.05. The minimum absolute atomic E-state index is 0.0741. The lowest BCUT2D eigenvalue weighted by atomic mass is 9.89. The predicted octanol–water partition coefficient (Wildman–Crippen LogP) is 1.20. The standard InChI is InChI=1S/C8H17NO/c1-4-6(2)8(5-9)7(3)10/h6,8H,4-5,9H2,1-3H3/t6-,8+/m1/s1. The Balaban J connectivity index is 3.92. The Morgan fingerprint density at radius 3 is 2.20 bits per heavy atom.